The van der Waals surface area contributed by atoms with Gasteiger partial charge in [0.05, 0.1) is 30.6 Å². The lowest BCUT2D eigenvalue weighted by Crippen LogP contribution is -2.41. The number of rotatable bonds is 6. The van der Waals surface area contributed by atoms with E-state index in [2.05, 4.69) is 9.97 Å². The van der Waals surface area contributed by atoms with Crippen LogP contribution in [0.4, 0.5) is 15.0 Å². The number of Topliss-reactive ketones (excluding diaryl/α,β-unsaturated/α-hetero) is 1. The highest BCUT2D eigenvalue weighted by molar-refractivity contribution is 6.30. The van der Waals surface area contributed by atoms with Crippen LogP contribution >= 0.6 is 23.2 Å². The number of hydrogen-bond donors (Lipinski definition) is 0. The summed E-state index contributed by atoms with van der Waals surface area (Å²) >= 11 is 11.7. The van der Waals surface area contributed by atoms with Gasteiger partial charge in [-0.2, -0.15) is 0 Å². The van der Waals surface area contributed by atoms with Crippen molar-refractivity contribution in [3.05, 3.63) is 52.1 Å². The Hall–Kier alpha value is -2.25. The number of amides is 2. The van der Waals surface area contributed by atoms with Gasteiger partial charge in [0.15, 0.2) is 17.4 Å². The van der Waals surface area contributed by atoms with E-state index in [9.17, 15) is 14.0 Å². The minimum atomic E-state index is -0.681. The van der Waals surface area contributed by atoms with Crippen molar-refractivity contribution in [1.29, 1.82) is 0 Å². The third-order valence-corrected chi connectivity index (χ3v) is 5.01. The zero-order chi connectivity index (χ0) is 20.4. The first kappa shape index (κ1) is 20.5. The molecule has 148 valence electrons. The zero-order valence-electron chi connectivity index (χ0n) is 15.4. The maximum Gasteiger partial charge on any atom is 0.326 e. The van der Waals surface area contributed by atoms with E-state index in [4.69, 9.17) is 23.2 Å². The number of hydrogen-bond acceptors (Lipinski definition) is 4. The Bertz CT molecular complexity index is 909. The lowest BCUT2D eigenvalue weighted by molar-refractivity contribution is -0.119. The quantitative estimate of drug-likeness (QED) is 0.702. The van der Waals surface area contributed by atoms with E-state index in [1.807, 2.05) is 13.8 Å². The molecule has 28 heavy (non-hydrogen) atoms. The lowest BCUT2D eigenvalue weighted by atomic mass is 10.0. The molecule has 1 atom stereocenters. The number of nitrogens with zero attached hydrogens (tertiary/aromatic N) is 4. The molecule has 0 radical (unpaired) electrons. The maximum atomic E-state index is 14.3. The van der Waals surface area contributed by atoms with E-state index < -0.39 is 11.8 Å². The monoisotopic (exact) mass is 424 g/mol. The molecule has 2 aromatic rings. The van der Waals surface area contributed by atoms with E-state index in [0.29, 0.717) is 10.7 Å². The first-order chi connectivity index (χ1) is 13.3. The van der Waals surface area contributed by atoms with Gasteiger partial charge in [-0.3, -0.25) is 14.7 Å². The van der Waals surface area contributed by atoms with Crippen molar-refractivity contribution in [2.75, 3.05) is 18.0 Å². The number of pyridine rings is 2. The number of anilines is 1. The highest BCUT2D eigenvalue weighted by Gasteiger charge is 2.41. The molecule has 0 saturated carbocycles. The fourth-order valence-electron chi connectivity index (χ4n) is 3.19. The maximum absolute atomic E-state index is 14.3. The third-order valence-electron chi connectivity index (χ3n) is 4.56. The molecule has 1 saturated heterocycles. The van der Waals surface area contributed by atoms with Crippen LogP contribution in [0.3, 0.4) is 0 Å². The summed E-state index contributed by atoms with van der Waals surface area (Å²) in [4.78, 5) is 36.3. The van der Waals surface area contributed by atoms with Crippen LogP contribution < -0.4 is 4.90 Å². The van der Waals surface area contributed by atoms with E-state index in [1.165, 1.54) is 22.2 Å². The minimum absolute atomic E-state index is 0.0582. The Labute approximate surface area is 172 Å². The average molecular weight is 425 g/mol. The molecule has 1 aliphatic heterocycles. The van der Waals surface area contributed by atoms with E-state index in [1.54, 1.807) is 12.1 Å². The van der Waals surface area contributed by atoms with Crippen LogP contribution in [0.25, 0.3) is 0 Å². The Morgan fingerprint density at radius 3 is 2.68 bits per heavy atom. The van der Waals surface area contributed by atoms with Crippen molar-refractivity contribution in [2.45, 2.75) is 26.3 Å². The number of halogens is 3. The first-order valence-corrected chi connectivity index (χ1v) is 9.53. The van der Waals surface area contributed by atoms with Crippen molar-refractivity contribution >= 4 is 40.8 Å². The molecule has 1 aliphatic rings. The number of aromatic nitrogens is 2. The molecule has 6 nitrogen and oxygen atoms in total. The molecule has 9 heteroatoms. The number of carbonyl (C=O) groups is 2. The summed E-state index contributed by atoms with van der Waals surface area (Å²) in [6, 6.07) is 3.64. The Balaban J connectivity index is 1.78. The van der Waals surface area contributed by atoms with Gasteiger partial charge in [0.1, 0.15) is 0 Å². The van der Waals surface area contributed by atoms with E-state index >= 15 is 0 Å². The molecule has 1 fully saturated rings. The van der Waals surface area contributed by atoms with Crippen LogP contribution in [0.15, 0.2) is 30.6 Å². The molecule has 0 N–H and O–H groups in total. The van der Waals surface area contributed by atoms with Gasteiger partial charge >= 0.3 is 6.03 Å². The summed E-state index contributed by atoms with van der Waals surface area (Å²) in [7, 11) is 0. The fraction of sp³-hybridized carbons (Fsp3) is 0.368. The van der Waals surface area contributed by atoms with Gasteiger partial charge in [-0.05, 0) is 24.1 Å². The minimum Gasteiger partial charge on any atom is -0.312 e. The number of ketones is 1. The number of carbonyl (C=O) groups excluding carboxylic acids is 2. The van der Waals surface area contributed by atoms with Crippen molar-refractivity contribution < 1.29 is 14.0 Å². The summed E-state index contributed by atoms with van der Waals surface area (Å²) in [5, 5.41) is 0.639. The highest BCUT2D eigenvalue weighted by Crippen LogP contribution is 2.29. The van der Waals surface area contributed by atoms with Crippen LogP contribution in [0.1, 0.15) is 19.5 Å². The zero-order valence-corrected chi connectivity index (χ0v) is 16.9. The smallest absolute Gasteiger partial charge is 0.312 e. The van der Waals surface area contributed by atoms with Gasteiger partial charge in [-0.1, -0.05) is 37.0 Å². The van der Waals surface area contributed by atoms with Gasteiger partial charge in [0, 0.05) is 23.1 Å². The summed E-state index contributed by atoms with van der Waals surface area (Å²) in [6.07, 6.45) is 2.87. The van der Waals surface area contributed by atoms with Crippen molar-refractivity contribution in [2.24, 2.45) is 5.92 Å². The predicted octanol–water partition coefficient (Wildman–Crippen LogP) is 4.00. The van der Waals surface area contributed by atoms with Crippen LogP contribution in [0, 0.1) is 11.7 Å². The Kier molecular flexibility index (Phi) is 6.15. The number of urea groups is 1. The van der Waals surface area contributed by atoms with Crippen LogP contribution in [-0.2, 0) is 11.2 Å². The molecule has 2 aromatic heterocycles. The largest absolute Gasteiger partial charge is 0.326 e. The molecular weight excluding hydrogens is 406 g/mol. The second-order valence-electron chi connectivity index (χ2n) is 6.97. The van der Waals surface area contributed by atoms with Crippen LogP contribution in [-0.4, -0.2) is 45.8 Å². The molecule has 0 aliphatic carbocycles. The third kappa shape index (κ3) is 4.42. The molecule has 2 amide bonds. The average Bonchev–Trinajstić information content (AvgIpc) is 2.92. The summed E-state index contributed by atoms with van der Waals surface area (Å²) < 4.78 is 14.3. The van der Waals surface area contributed by atoms with Crippen molar-refractivity contribution in [1.82, 2.24) is 14.9 Å². The normalized spacial score (nSPS) is 16.9. The SMILES string of the molecule is CC(C)[C@H]1CN(c2ncc(Cl)cc2F)C(=O)N1CC(=O)Cc1cc(Cl)ccn1. The second kappa shape index (κ2) is 8.41. The van der Waals surface area contributed by atoms with Gasteiger partial charge < -0.3 is 4.90 Å². The van der Waals surface area contributed by atoms with Crippen LogP contribution in [0.5, 0.6) is 0 Å². The predicted molar refractivity (Wildman–Crippen MR) is 105 cm³/mol. The molecule has 3 heterocycles. The molecule has 0 spiro atoms. The van der Waals surface area contributed by atoms with Crippen molar-refractivity contribution in [3.63, 3.8) is 0 Å². The molecule has 0 unspecified atom stereocenters. The van der Waals surface area contributed by atoms with Crippen LogP contribution in [0.2, 0.25) is 10.0 Å². The highest BCUT2D eigenvalue weighted by atomic mass is 35.5. The molecule has 0 bridgehead atoms. The molecule has 0 aromatic carbocycles. The Morgan fingerprint density at radius 1 is 1.29 bits per heavy atom. The standard InChI is InChI=1S/C19H19Cl2FN4O2/c1-11(2)17-10-26(18-16(22)6-13(21)8-24-18)19(28)25(17)9-15(27)7-14-5-12(20)3-4-23-14/h3-6,8,11,17H,7,9-10H2,1-2H3/t17-/m1/s1. The first-order valence-electron chi connectivity index (χ1n) is 8.77. The fourth-order valence-corrected chi connectivity index (χ4v) is 3.52. The summed E-state index contributed by atoms with van der Waals surface area (Å²) in [5.74, 6) is -0.882. The van der Waals surface area contributed by atoms with Gasteiger partial charge in [0.2, 0.25) is 0 Å². The van der Waals surface area contributed by atoms with Gasteiger partial charge in [0.25, 0.3) is 0 Å². The summed E-state index contributed by atoms with van der Waals surface area (Å²) in [6.45, 7) is 4.04. The molecule has 3 rings (SSSR count). The van der Waals surface area contributed by atoms with Gasteiger partial charge in [-0.25, -0.2) is 14.2 Å². The Morgan fingerprint density at radius 2 is 2.04 bits per heavy atom. The molecular formula is C19H19Cl2FN4O2. The summed E-state index contributed by atoms with van der Waals surface area (Å²) in [5.41, 5.74) is 0.535. The lowest BCUT2D eigenvalue weighted by Gasteiger charge is -2.25. The second-order valence-corrected chi connectivity index (χ2v) is 7.85. The van der Waals surface area contributed by atoms with E-state index in [-0.39, 0.29) is 48.1 Å². The topological polar surface area (TPSA) is 66.4 Å². The van der Waals surface area contributed by atoms with E-state index in [0.717, 1.165) is 6.07 Å². The van der Waals surface area contributed by atoms with Gasteiger partial charge in [-0.15, -0.1) is 0 Å². The van der Waals surface area contributed by atoms with Crippen molar-refractivity contribution in [3.8, 4) is 0 Å².